The summed E-state index contributed by atoms with van der Waals surface area (Å²) in [6, 6.07) is 5.76. The van der Waals surface area contributed by atoms with Gasteiger partial charge in [-0.25, -0.2) is 0 Å². The molecule has 20 heavy (non-hydrogen) atoms. The highest BCUT2D eigenvalue weighted by molar-refractivity contribution is 7.08. The molecule has 0 fully saturated rings. The monoisotopic (exact) mass is 289 g/mol. The summed E-state index contributed by atoms with van der Waals surface area (Å²) in [7, 11) is 0. The third-order valence-electron chi connectivity index (χ3n) is 3.06. The Hall–Kier alpha value is -1.72. The number of carbonyl (C=O) groups is 1. The minimum atomic E-state index is -0.0658. The van der Waals surface area contributed by atoms with Gasteiger partial charge >= 0.3 is 0 Å². The normalized spacial score (nSPS) is 10.5. The molecule has 5 heteroatoms. The van der Waals surface area contributed by atoms with Crippen LogP contribution < -0.4 is 11.1 Å². The molecule has 0 saturated heterocycles. The van der Waals surface area contributed by atoms with E-state index in [0.717, 1.165) is 29.8 Å². The van der Waals surface area contributed by atoms with Gasteiger partial charge in [0, 0.05) is 17.5 Å². The van der Waals surface area contributed by atoms with Crippen LogP contribution in [0.4, 0.5) is 0 Å². The number of unbranched alkanes of at least 4 members (excludes halogenated alkanes) is 1. The summed E-state index contributed by atoms with van der Waals surface area (Å²) >= 11 is 1.64. The van der Waals surface area contributed by atoms with Crippen LogP contribution in [-0.4, -0.2) is 24.0 Å². The van der Waals surface area contributed by atoms with E-state index in [0.29, 0.717) is 18.7 Å². The van der Waals surface area contributed by atoms with Crippen molar-refractivity contribution >= 4 is 17.2 Å². The van der Waals surface area contributed by atoms with E-state index in [1.165, 1.54) is 0 Å². The van der Waals surface area contributed by atoms with Crippen molar-refractivity contribution in [3.05, 3.63) is 40.2 Å². The van der Waals surface area contributed by atoms with E-state index >= 15 is 0 Å². The van der Waals surface area contributed by atoms with Crippen molar-refractivity contribution in [2.45, 2.75) is 19.8 Å². The molecule has 0 atom stereocenters. The smallest absolute Gasteiger partial charge is 0.253 e. The molecule has 2 rings (SSSR count). The van der Waals surface area contributed by atoms with Crippen LogP contribution in [-0.2, 0) is 0 Å². The second kappa shape index (κ2) is 7.17. The zero-order valence-corrected chi connectivity index (χ0v) is 12.4. The lowest BCUT2D eigenvalue weighted by Gasteiger charge is -2.08. The topological polar surface area (TPSA) is 68.0 Å². The van der Waals surface area contributed by atoms with Gasteiger partial charge in [0.05, 0.1) is 17.0 Å². The van der Waals surface area contributed by atoms with E-state index in [1.54, 1.807) is 11.3 Å². The second-order valence-electron chi connectivity index (χ2n) is 4.59. The Labute approximate surface area is 123 Å². The van der Waals surface area contributed by atoms with Crippen molar-refractivity contribution in [1.29, 1.82) is 0 Å². The first-order valence-corrected chi connectivity index (χ1v) is 7.65. The predicted octanol–water partition coefficient (Wildman–Crippen LogP) is 2.59. The highest BCUT2D eigenvalue weighted by atomic mass is 32.1. The van der Waals surface area contributed by atoms with Crippen LogP contribution in [0.5, 0.6) is 0 Å². The number of pyridine rings is 1. The van der Waals surface area contributed by atoms with Crippen LogP contribution in [0.2, 0.25) is 0 Å². The molecule has 0 saturated carbocycles. The molecule has 0 aliphatic carbocycles. The largest absolute Gasteiger partial charge is 0.352 e. The van der Waals surface area contributed by atoms with Gasteiger partial charge < -0.3 is 11.1 Å². The zero-order chi connectivity index (χ0) is 14.4. The molecule has 0 spiro atoms. The second-order valence-corrected chi connectivity index (χ2v) is 5.37. The summed E-state index contributed by atoms with van der Waals surface area (Å²) in [4.78, 5) is 16.6. The van der Waals surface area contributed by atoms with Gasteiger partial charge in [-0.3, -0.25) is 9.78 Å². The van der Waals surface area contributed by atoms with E-state index in [1.807, 2.05) is 35.9 Å². The lowest BCUT2D eigenvalue weighted by molar-refractivity contribution is 0.0952. The maximum Gasteiger partial charge on any atom is 0.253 e. The molecule has 0 aliphatic heterocycles. The van der Waals surface area contributed by atoms with Crippen molar-refractivity contribution in [1.82, 2.24) is 10.3 Å². The van der Waals surface area contributed by atoms with E-state index in [4.69, 9.17) is 5.73 Å². The Kier molecular flexibility index (Phi) is 5.26. The number of hydrogen-bond acceptors (Lipinski definition) is 4. The molecule has 4 nitrogen and oxygen atoms in total. The van der Waals surface area contributed by atoms with Crippen molar-refractivity contribution in [2.24, 2.45) is 5.73 Å². The maximum atomic E-state index is 12.0. The van der Waals surface area contributed by atoms with Crippen LogP contribution in [0.3, 0.4) is 0 Å². The molecule has 2 aromatic heterocycles. The fourth-order valence-electron chi connectivity index (χ4n) is 1.94. The summed E-state index contributed by atoms with van der Waals surface area (Å²) in [5, 5.41) is 6.96. The molecule has 2 heterocycles. The minimum Gasteiger partial charge on any atom is -0.352 e. The van der Waals surface area contributed by atoms with Crippen molar-refractivity contribution in [3.8, 4) is 11.3 Å². The highest BCUT2D eigenvalue weighted by Gasteiger charge is 2.10. The molecule has 3 N–H and O–H groups in total. The van der Waals surface area contributed by atoms with Crippen LogP contribution in [0.15, 0.2) is 29.0 Å². The van der Waals surface area contributed by atoms with Crippen LogP contribution >= 0.6 is 11.3 Å². The zero-order valence-electron chi connectivity index (χ0n) is 11.6. The summed E-state index contributed by atoms with van der Waals surface area (Å²) in [6.07, 6.45) is 1.83. The molecule has 0 bridgehead atoms. The molecule has 0 aromatic carbocycles. The lowest BCUT2D eigenvalue weighted by Crippen LogP contribution is -2.25. The molecular formula is C15H19N3OS. The Morgan fingerprint density at radius 1 is 1.35 bits per heavy atom. The predicted molar refractivity (Wildman–Crippen MR) is 82.9 cm³/mol. The van der Waals surface area contributed by atoms with Crippen LogP contribution in [0.1, 0.15) is 28.9 Å². The van der Waals surface area contributed by atoms with Crippen molar-refractivity contribution < 1.29 is 4.79 Å². The first kappa shape index (κ1) is 14.7. The molecule has 2 aromatic rings. The summed E-state index contributed by atoms with van der Waals surface area (Å²) in [5.41, 5.74) is 8.81. The molecule has 0 aliphatic rings. The van der Waals surface area contributed by atoms with Gasteiger partial charge in [0.2, 0.25) is 0 Å². The van der Waals surface area contributed by atoms with Gasteiger partial charge in [0.25, 0.3) is 5.91 Å². The first-order chi connectivity index (χ1) is 9.72. The number of carbonyl (C=O) groups excluding carboxylic acids is 1. The molecule has 106 valence electrons. The average Bonchev–Trinajstić information content (AvgIpc) is 2.97. The van der Waals surface area contributed by atoms with Crippen LogP contribution in [0, 0.1) is 6.92 Å². The summed E-state index contributed by atoms with van der Waals surface area (Å²) in [6.45, 7) is 3.18. The SMILES string of the molecule is Cc1nc(-c2ccsc2)ccc1C(=O)NCCCCN. The number of nitrogens with zero attached hydrogens (tertiary/aromatic N) is 1. The number of nitrogens with two attached hydrogens (primary N) is 1. The van der Waals surface area contributed by atoms with Gasteiger partial charge in [-0.1, -0.05) is 0 Å². The van der Waals surface area contributed by atoms with Gasteiger partial charge in [-0.05, 0) is 49.9 Å². The highest BCUT2D eigenvalue weighted by Crippen LogP contribution is 2.21. The van der Waals surface area contributed by atoms with Gasteiger partial charge in [-0.2, -0.15) is 11.3 Å². The number of thiophene rings is 1. The third kappa shape index (κ3) is 3.65. The number of aromatic nitrogens is 1. The number of aryl methyl sites for hydroxylation is 1. The quantitative estimate of drug-likeness (QED) is 0.803. The maximum absolute atomic E-state index is 12.0. The van der Waals surface area contributed by atoms with Crippen molar-refractivity contribution in [3.63, 3.8) is 0 Å². The van der Waals surface area contributed by atoms with E-state index in [9.17, 15) is 4.79 Å². The van der Waals surface area contributed by atoms with Gasteiger partial charge in [0.1, 0.15) is 0 Å². The Morgan fingerprint density at radius 3 is 2.85 bits per heavy atom. The number of nitrogens with one attached hydrogen (secondary N) is 1. The number of amides is 1. The fourth-order valence-corrected chi connectivity index (χ4v) is 2.59. The van der Waals surface area contributed by atoms with Crippen molar-refractivity contribution in [2.75, 3.05) is 13.1 Å². The Morgan fingerprint density at radius 2 is 2.20 bits per heavy atom. The van der Waals surface area contributed by atoms with Gasteiger partial charge in [-0.15, -0.1) is 0 Å². The van der Waals surface area contributed by atoms with E-state index in [-0.39, 0.29) is 5.91 Å². The minimum absolute atomic E-state index is 0.0658. The average molecular weight is 289 g/mol. The Balaban J connectivity index is 2.04. The molecular weight excluding hydrogens is 270 g/mol. The standard InChI is InChI=1S/C15H19N3OS/c1-11-13(15(19)17-8-3-2-7-16)4-5-14(18-11)12-6-9-20-10-12/h4-6,9-10H,2-3,7-8,16H2,1H3,(H,17,19). The lowest BCUT2D eigenvalue weighted by atomic mass is 10.1. The number of rotatable bonds is 6. The first-order valence-electron chi connectivity index (χ1n) is 6.71. The Bertz CT molecular complexity index is 567. The fraction of sp³-hybridized carbons (Fsp3) is 0.333. The molecule has 1 amide bonds. The number of hydrogen-bond donors (Lipinski definition) is 2. The van der Waals surface area contributed by atoms with E-state index < -0.39 is 0 Å². The summed E-state index contributed by atoms with van der Waals surface area (Å²) in [5.74, 6) is -0.0658. The third-order valence-corrected chi connectivity index (χ3v) is 3.75. The van der Waals surface area contributed by atoms with Crippen LogP contribution in [0.25, 0.3) is 11.3 Å². The van der Waals surface area contributed by atoms with E-state index in [2.05, 4.69) is 10.3 Å². The van der Waals surface area contributed by atoms with Gasteiger partial charge in [0.15, 0.2) is 0 Å². The molecule has 0 radical (unpaired) electrons. The molecule has 0 unspecified atom stereocenters. The summed E-state index contributed by atoms with van der Waals surface area (Å²) < 4.78 is 0.